The Labute approximate surface area is 93.5 Å². The van der Waals surface area contributed by atoms with Crippen molar-refractivity contribution in [2.24, 2.45) is 5.92 Å². The molecule has 1 amide bonds. The third-order valence-electron chi connectivity index (χ3n) is 2.03. The van der Waals surface area contributed by atoms with Crippen LogP contribution in [0.25, 0.3) is 0 Å². The first kappa shape index (κ1) is 11.5. The molecule has 0 radical (unpaired) electrons. The van der Waals surface area contributed by atoms with Crippen LogP contribution in [-0.4, -0.2) is 23.7 Å². The second kappa shape index (κ2) is 5.37. The number of carbonyl (C=O) groups excluding carboxylic acids is 1. The lowest BCUT2D eigenvalue weighted by atomic mass is 10.2. The van der Waals surface area contributed by atoms with Crippen molar-refractivity contribution in [1.82, 2.24) is 4.90 Å². The van der Waals surface area contributed by atoms with E-state index in [0.29, 0.717) is 12.4 Å². The number of nitrogens with zero attached hydrogens (tertiary/aromatic N) is 1. The molecular weight excluding hydrogens is 218 g/mol. The molecule has 0 aliphatic rings. The van der Waals surface area contributed by atoms with E-state index in [4.69, 9.17) is 11.6 Å². The highest BCUT2D eigenvalue weighted by Gasteiger charge is 2.16. The Morgan fingerprint density at radius 2 is 2.43 bits per heavy atom. The highest BCUT2D eigenvalue weighted by Crippen LogP contribution is 2.11. The molecule has 0 N–H and O–H groups in total. The summed E-state index contributed by atoms with van der Waals surface area (Å²) in [5.41, 5.74) is 1.17. The first-order valence-corrected chi connectivity index (χ1v) is 5.95. The predicted molar refractivity (Wildman–Crippen MR) is 60.7 cm³/mol. The summed E-state index contributed by atoms with van der Waals surface area (Å²) in [6, 6.07) is 2.03. The molecule has 0 bridgehead atoms. The van der Waals surface area contributed by atoms with Gasteiger partial charge in [0.25, 0.3) is 0 Å². The second-order valence-electron chi connectivity index (χ2n) is 3.38. The van der Waals surface area contributed by atoms with Gasteiger partial charge in [0.05, 0.1) is 0 Å². The molecule has 0 spiro atoms. The van der Waals surface area contributed by atoms with Gasteiger partial charge in [-0.15, -0.1) is 11.6 Å². The Morgan fingerprint density at radius 1 is 1.71 bits per heavy atom. The molecule has 0 aromatic carbocycles. The molecule has 0 saturated heterocycles. The van der Waals surface area contributed by atoms with E-state index in [9.17, 15) is 4.79 Å². The van der Waals surface area contributed by atoms with Gasteiger partial charge in [0.1, 0.15) is 0 Å². The predicted octanol–water partition coefficient (Wildman–Crippen LogP) is 2.58. The zero-order chi connectivity index (χ0) is 10.6. The monoisotopic (exact) mass is 231 g/mol. The van der Waals surface area contributed by atoms with Gasteiger partial charge in [0.2, 0.25) is 5.91 Å². The van der Waals surface area contributed by atoms with Crippen molar-refractivity contribution in [3.63, 3.8) is 0 Å². The highest BCUT2D eigenvalue weighted by molar-refractivity contribution is 7.07. The molecule has 14 heavy (non-hydrogen) atoms. The second-order valence-corrected chi connectivity index (χ2v) is 4.47. The smallest absolute Gasteiger partial charge is 0.226 e. The molecule has 1 aromatic rings. The van der Waals surface area contributed by atoms with Crippen LogP contribution in [0.1, 0.15) is 12.5 Å². The first-order valence-electron chi connectivity index (χ1n) is 4.47. The number of hydrogen-bond acceptors (Lipinski definition) is 2. The number of carbonyl (C=O) groups is 1. The van der Waals surface area contributed by atoms with Crippen molar-refractivity contribution in [3.05, 3.63) is 22.4 Å². The first-order chi connectivity index (χ1) is 6.65. The minimum atomic E-state index is -0.0969. The lowest BCUT2D eigenvalue weighted by Crippen LogP contribution is -2.31. The maximum atomic E-state index is 11.6. The van der Waals surface area contributed by atoms with E-state index in [-0.39, 0.29) is 11.8 Å². The molecular formula is C10H14ClNOS. The molecule has 1 unspecified atom stereocenters. The summed E-state index contributed by atoms with van der Waals surface area (Å²) in [5.74, 6) is 0.388. The van der Waals surface area contributed by atoms with E-state index in [1.54, 1.807) is 16.2 Å². The van der Waals surface area contributed by atoms with Crippen LogP contribution in [0, 0.1) is 5.92 Å². The fraction of sp³-hybridized carbons (Fsp3) is 0.500. The number of alkyl halides is 1. The number of thiophene rings is 1. The van der Waals surface area contributed by atoms with Crippen LogP contribution in [0.2, 0.25) is 0 Å². The lowest BCUT2D eigenvalue weighted by molar-refractivity contribution is -0.133. The number of halogens is 1. The standard InChI is InChI=1S/C10H14ClNOS/c1-8(5-11)10(13)12(2)6-9-3-4-14-7-9/h3-4,7-8H,5-6H2,1-2H3. The lowest BCUT2D eigenvalue weighted by Gasteiger charge is -2.19. The van der Waals surface area contributed by atoms with Crippen LogP contribution in [-0.2, 0) is 11.3 Å². The van der Waals surface area contributed by atoms with Crippen molar-refractivity contribution in [1.29, 1.82) is 0 Å². The third-order valence-corrected chi connectivity index (χ3v) is 3.22. The molecule has 0 fully saturated rings. The molecule has 78 valence electrons. The largest absolute Gasteiger partial charge is 0.341 e. The Morgan fingerprint density at radius 3 is 2.93 bits per heavy atom. The van der Waals surface area contributed by atoms with E-state index >= 15 is 0 Å². The maximum Gasteiger partial charge on any atom is 0.226 e. The van der Waals surface area contributed by atoms with Gasteiger partial charge in [0, 0.05) is 25.4 Å². The van der Waals surface area contributed by atoms with Crippen LogP contribution < -0.4 is 0 Å². The molecule has 1 rings (SSSR count). The van der Waals surface area contributed by atoms with Crippen LogP contribution in [0.5, 0.6) is 0 Å². The summed E-state index contributed by atoms with van der Waals surface area (Å²) in [7, 11) is 1.81. The molecule has 1 aromatic heterocycles. The van der Waals surface area contributed by atoms with Crippen molar-refractivity contribution >= 4 is 28.8 Å². The van der Waals surface area contributed by atoms with E-state index in [1.807, 2.05) is 25.4 Å². The quantitative estimate of drug-likeness (QED) is 0.730. The molecule has 0 aliphatic carbocycles. The van der Waals surface area contributed by atoms with Gasteiger partial charge in [-0.05, 0) is 22.4 Å². The number of amides is 1. The van der Waals surface area contributed by atoms with E-state index < -0.39 is 0 Å². The molecule has 1 atom stereocenters. The summed E-state index contributed by atoms with van der Waals surface area (Å²) in [4.78, 5) is 13.4. The summed E-state index contributed by atoms with van der Waals surface area (Å²) in [5, 5.41) is 4.06. The third kappa shape index (κ3) is 3.00. The van der Waals surface area contributed by atoms with Crippen molar-refractivity contribution in [2.45, 2.75) is 13.5 Å². The van der Waals surface area contributed by atoms with Crippen LogP contribution in [0.4, 0.5) is 0 Å². The minimum absolute atomic E-state index is 0.0969. The highest BCUT2D eigenvalue weighted by atomic mass is 35.5. The zero-order valence-electron chi connectivity index (χ0n) is 8.37. The Hall–Kier alpha value is -0.540. The molecule has 2 nitrogen and oxygen atoms in total. The fourth-order valence-electron chi connectivity index (χ4n) is 1.18. The number of rotatable bonds is 4. The summed E-state index contributed by atoms with van der Waals surface area (Å²) < 4.78 is 0. The molecule has 1 heterocycles. The Bertz CT molecular complexity index is 286. The average Bonchev–Trinajstić information content (AvgIpc) is 2.68. The van der Waals surface area contributed by atoms with Gasteiger partial charge in [-0.1, -0.05) is 6.92 Å². The number of hydrogen-bond donors (Lipinski definition) is 0. The van der Waals surface area contributed by atoms with Gasteiger partial charge in [0.15, 0.2) is 0 Å². The van der Waals surface area contributed by atoms with Gasteiger partial charge >= 0.3 is 0 Å². The Kier molecular flexibility index (Phi) is 4.42. The van der Waals surface area contributed by atoms with Gasteiger partial charge in [-0.2, -0.15) is 11.3 Å². The van der Waals surface area contributed by atoms with Crippen LogP contribution >= 0.6 is 22.9 Å². The van der Waals surface area contributed by atoms with E-state index in [0.717, 1.165) is 0 Å². The molecule has 0 aliphatic heterocycles. The zero-order valence-corrected chi connectivity index (χ0v) is 9.94. The maximum absolute atomic E-state index is 11.6. The van der Waals surface area contributed by atoms with E-state index in [2.05, 4.69) is 5.38 Å². The molecule has 0 saturated carbocycles. The van der Waals surface area contributed by atoms with Crippen molar-refractivity contribution in [3.8, 4) is 0 Å². The van der Waals surface area contributed by atoms with Gasteiger partial charge < -0.3 is 4.90 Å². The van der Waals surface area contributed by atoms with Crippen LogP contribution in [0.15, 0.2) is 16.8 Å². The van der Waals surface area contributed by atoms with Gasteiger partial charge in [-0.3, -0.25) is 4.79 Å². The fourth-order valence-corrected chi connectivity index (χ4v) is 1.97. The topological polar surface area (TPSA) is 20.3 Å². The van der Waals surface area contributed by atoms with Crippen molar-refractivity contribution < 1.29 is 4.79 Å². The van der Waals surface area contributed by atoms with Crippen molar-refractivity contribution in [2.75, 3.05) is 12.9 Å². The van der Waals surface area contributed by atoms with Gasteiger partial charge in [-0.25, -0.2) is 0 Å². The SMILES string of the molecule is CC(CCl)C(=O)N(C)Cc1ccsc1. The summed E-state index contributed by atoms with van der Waals surface area (Å²) in [6.45, 7) is 2.52. The average molecular weight is 232 g/mol. The minimum Gasteiger partial charge on any atom is -0.341 e. The van der Waals surface area contributed by atoms with E-state index in [1.165, 1.54) is 5.56 Å². The Balaban J connectivity index is 2.50. The molecule has 4 heteroatoms. The summed E-state index contributed by atoms with van der Waals surface area (Å²) in [6.07, 6.45) is 0. The normalized spacial score (nSPS) is 12.5. The van der Waals surface area contributed by atoms with Crippen LogP contribution in [0.3, 0.4) is 0 Å². The summed E-state index contributed by atoms with van der Waals surface area (Å²) >= 11 is 7.27.